The van der Waals surface area contributed by atoms with E-state index in [-0.39, 0.29) is 23.3 Å². The molecule has 1 fully saturated rings. The van der Waals surface area contributed by atoms with E-state index in [1.807, 2.05) is 0 Å². The first kappa shape index (κ1) is 14.6. The standard InChI is InChI=1S/C14H19NO5/c1-3-11-10(14(17)18)7-12(20-11)13(16)15-6-4-5-9(8-15)19-2/h7,9H,3-6,8H2,1-2H3,(H,17,18). The smallest absolute Gasteiger partial charge is 0.339 e. The number of carboxylic acids is 1. The minimum absolute atomic E-state index is 0.0345. The molecule has 2 rings (SSSR count). The lowest BCUT2D eigenvalue weighted by atomic mass is 10.1. The number of likely N-dealkylation sites (tertiary alicyclic amines) is 1. The fourth-order valence-electron chi connectivity index (χ4n) is 2.45. The van der Waals surface area contributed by atoms with Crippen molar-refractivity contribution in [3.63, 3.8) is 0 Å². The van der Waals surface area contributed by atoms with Gasteiger partial charge in [0.25, 0.3) is 5.91 Å². The number of aromatic carboxylic acids is 1. The van der Waals surface area contributed by atoms with E-state index in [4.69, 9.17) is 14.3 Å². The minimum atomic E-state index is -1.07. The lowest BCUT2D eigenvalue weighted by Crippen LogP contribution is -2.42. The molecule has 0 radical (unpaired) electrons. The van der Waals surface area contributed by atoms with Crippen LogP contribution >= 0.6 is 0 Å². The summed E-state index contributed by atoms with van der Waals surface area (Å²) in [5.74, 6) is -0.913. The highest BCUT2D eigenvalue weighted by atomic mass is 16.5. The van der Waals surface area contributed by atoms with Gasteiger partial charge < -0.3 is 19.2 Å². The number of carbonyl (C=O) groups is 2. The largest absolute Gasteiger partial charge is 0.478 e. The van der Waals surface area contributed by atoms with E-state index < -0.39 is 5.97 Å². The number of methoxy groups -OCH3 is 1. The predicted molar refractivity (Wildman–Crippen MR) is 71.0 cm³/mol. The average Bonchev–Trinajstić information content (AvgIpc) is 2.91. The summed E-state index contributed by atoms with van der Waals surface area (Å²) < 4.78 is 10.7. The third-order valence-electron chi connectivity index (χ3n) is 3.57. The number of carbonyl (C=O) groups excluding carboxylic acids is 1. The number of nitrogens with zero attached hydrogens (tertiary/aromatic N) is 1. The Balaban J connectivity index is 2.18. The molecule has 1 aliphatic rings. The van der Waals surface area contributed by atoms with Crippen molar-refractivity contribution in [1.82, 2.24) is 4.90 Å². The second kappa shape index (κ2) is 6.09. The van der Waals surface area contributed by atoms with E-state index in [0.717, 1.165) is 12.8 Å². The van der Waals surface area contributed by atoms with E-state index in [0.29, 0.717) is 25.3 Å². The monoisotopic (exact) mass is 281 g/mol. The summed E-state index contributed by atoms with van der Waals surface area (Å²) in [6, 6.07) is 1.32. The van der Waals surface area contributed by atoms with Crippen LogP contribution in [-0.4, -0.2) is 48.2 Å². The van der Waals surface area contributed by atoms with Crippen LogP contribution < -0.4 is 0 Å². The number of furan rings is 1. The number of piperidine rings is 1. The van der Waals surface area contributed by atoms with Gasteiger partial charge in [0.1, 0.15) is 11.3 Å². The molecular formula is C14H19NO5. The minimum Gasteiger partial charge on any atom is -0.478 e. The molecule has 2 heterocycles. The molecular weight excluding hydrogens is 262 g/mol. The van der Waals surface area contributed by atoms with Gasteiger partial charge in [-0.1, -0.05) is 6.92 Å². The van der Waals surface area contributed by atoms with Gasteiger partial charge in [0.05, 0.1) is 6.10 Å². The molecule has 1 aliphatic heterocycles. The van der Waals surface area contributed by atoms with Crippen molar-refractivity contribution in [2.45, 2.75) is 32.3 Å². The quantitative estimate of drug-likeness (QED) is 0.910. The van der Waals surface area contributed by atoms with E-state index in [1.165, 1.54) is 6.07 Å². The molecule has 0 aromatic carbocycles. The Kier molecular flexibility index (Phi) is 4.44. The van der Waals surface area contributed by atoms with Crippen molar-refractivity contribution >= 4 is 11.9 Å². The highest BCUT2D eigenvalue weighted by Gasteiger charge is 2.28. The third-order valence-corrected chi connectivity index (χ3v) is 3.57. The molecule has 1 atom stereocenters. The Hall–Kier alpha value is -1.82. The molecule has 1 saturated heterocycles. The molecule has 0 aliphatic carbocycles. The number of ether oxygens (including phenoxy) is 1. The van der Waals surface area contributed by atoms with Crippen LogP contribution in [0.1, 0.15) is 46.4 Å². The van der Waals surface area contributed by atoms with E-state index in [2.05, 4.69) is 0 Å². The topological polar surface area (TPSA) is 80.0 Å². The van der Waals surface area contributed by atoms with Gasteiger partial charge in [-0.25, -0.2) is 4.79 Å². The van der Waals surface area contributed by atoms with Crippen molar-refractivity contribution in [3.05, 3.63) is 23.2 Å². The van der Waals surface area contributed by atoms with Crippen molar-refractivity contribution in [3.8, 4) is 0 Å². The fraction of sp³-hybridized carbons (Fsp3) is 0.571. The van der Waals surface area contributed by atoms with Gasteiger partial charge in [0.2, 0.25) is 0 Å². The van der Waals surface area contributed by atoms with Crippen molar-refractivity contribution in [2.75, 3.05) is 20.2 Å². The Labute approximate surface area is 117 Å². The second-order valence-electron chi connectivity index (χ2n) is 4.86. The van der Waals surface area contributed by atoms with Gasteiger partial charge in [-0.2, -0.15) is 0 Å². The zero-order chi connectivity index (χ0) is 14.7. The van der Waals surface area contributed by atoms with Crippen molar-refractivity contribution < 1.29 is 23.8 Å². The van der Waals surface area contributed by atoms with Crippen molar-refractivity contribution in [1.29, 1.82) is 0 Å². The number of rotatable bonds is 4. The predicted octanol–water partition coefficient (Wildman–Crippen LogP) is 1.79. The summed E-state index contributed by atoms with van der Waals surface area (Å²) >= 11 is 0. The zero-order valence-corrected chi connectivity index (χ0v) is 11.7. The Morgan fingerprint density at radius 1 is 1.55 bits per heavy atom. The third kappa shape index (κ3) is 2.85. The van der Waals surface area contributed by atoms with Crippen LogP contribution in [0.25, 0.3) is 0 Å². The van der Waals surface area contributed by atoms with Gasteiger partial charge in [-0.15, -0.1) is 0 Å². The van der Waals surface area contributed by atoms with Crippen molar-refractivity contribution in [2.24, 2.45) is 0 Å². The highest BCUT2D eigenvalue weighted by Crippen LogP contribution is 2.20. The van der Waals surface area contributed by atoms with Crippen LogP contribution in [0.5, 0.6) is 0 Å². The van der Waals surface area contributed by atoms with Crippen LogP contribution in [-0.2, 0) is 11.2 Å². The maximum absolute atomic E-state index is 12.3. The summed E-state index contributed by atoms with van der Waals surface area (Å²) in [5, 5.41) is 9.08. The summed E-state index contributed by atoms with van der Waals surface area (Å²) in [6.45, 7) is 2.95. The SMILES string of the molecule is CCc1oc(C(=O)N2CCCC(OC)C2)cc1C(=O)O. The molecule has 110 valence electrons. The highest BCUT2D eigenvalue weighted by molar-refractivity contribution is 5.96. The van der Waals surface area contributed by atoms with Gasteiger partial charge in [0, 0.05) is 32.7 Å². The molecule has 20 heavy (non-hydrogen) atoms. The number of carboxylic acid groups (broad SMARTS) is 1. The number of hydrogen-bond acceptors (Lipinski definition) is 4. The second-order valence-corrected chi connectivity index (χ2v) is 4.86. The normalized spacial score (nSPS) is 19.1. The zero-order valence-electron chi connectivity index (χ0n) is 11.7. The van der Waals surface area contributed by atoms with Gasteiger partial charge in [-0.05, 0) is 12.8 Å². The maximum atomic E-state index is 12.3. The molecule has 1 aromatic rings. The molecule has 6 nitrogen and oxygen atoms in total. The van der Waals surface area contributed by atoms with Crippen LogP contribution in [0.15, 0.2) is 10.5 Å². The van der Waals surface area contributed by atoms with E-state index >= 15 is 0 Å². The first-order chi connectivity index (χ1) is 9.56. The number of hydrogen-bond donors (Lipinski definition) is 1. The first-order valence-corrected chi connectivity index (χ1v) is 6.74. The molecule has 1 unspecified atom stereocenters. The molecule has 1 amide bonds. The van der Waals surface area contributed by atoms with E-state index in [9.17, 15) is 9.59 Å². The van der Waals surface area contributed by atoms with Crippen LogP contribution in [0.3, 0.4) is 0 Å². The van der Waals surface area contributed by atoms with Crippen LogP contribution in [0.4, 0.5) is 0 Å². The maximum Gasteiger partial charge on any atom is 0.339 e. The molecule has 1 N–H and O–H groups in total. The van der Waals surface area contributed by atoms with Crippen LogP contribution in [0.2, 0.25) is 0 Å². The number of aryl methyl sites for hydroxylation is 1. The Morgan fingerprint density at radius 2 is 2.30 bits per heavy atom. The molecule has 0 bridgehead atoms. The molecule has 1 aromatic heterocycles. The van der Waals surface area contributed by atoms with Gasteiger partial charge in [0.15, 0.2) is 5.76 Å². The lowest BCUT2D eigenvalue weighted by molar-refractivity contribution is 0.0251. The summed E-state index contributed by atoms with van der Waals surface area (Å²) in [6.07, 6.45) is 2.28. The molecule has 0 saturated carbocycles. The summed E-state index contributed by atoms with van der Waals surface area (Å²) in [7, 11) is 1.63. The Morgan fingerprint density at radius 3 is 2.85 bits per heavy atom. The molecule has 6 heteroatoms. The first-order valence-electron chi connectivity index (χ1n) is 6.74. The fourth-order valence-corrected chi connectivity index (χ4v) is 2.45. The summed E-state index contributed by atoms with van der Waals surface area (Å²) in [4.78, 5) is 25.1. The number of amides is 1. The summed E-state index contributed by atoms with van der Waals surface area (Å²) in [5.41, 5.74) is 0.0659. The Bertz CT molecular complexity index is 508. The lowest BCUT2D eigenvalue weighted by Gasteiger charge is -2.31. The average molecular weight is 281 g/mol. The molecule has 0 spiro atoms. The van der Waals surface area contributed by atoms with E-state index in [1.54, 1.807) is 18.9 Å². The van der Waals surface area contributed by atoms with Gasteiger partial charge >= 0.3 is 5.97 Å². The van der Waals surface area contributed by atoms with Gasteiger partial charge in [-0.3, -0.25) is 4.79 Å². The van der Waals surface area contributed by atoms with Crippen LogP contribution in [0, 0.1) is 0 Å².